The van der Waals surface area contributed by atoms with Crippen LogP contribution >= 0.6 is 0 Å². The number of carbonyl (C=O) groups excluding carboxylic acids is 2. The van der Waals surface area contributed by atoms with Crippen LogP contribution in [-0.4, -0.2) is 77.0 Å². The number of piperazine rings is 1. The molecular weight excluding hydrogens is 606 g/mol. The van der Waals surface area contributed by atoms with Crippen molar-refractivity contribution in [1.29, 1.82) is 0 Å². The highest BCUT2D eigenvalue weighted by atomic mass is 32.2. The first-order valence-electron chi connectivity index (χ1n) is 14.8. The minimum absolute atomic E-state index is 0.0540. The van der Waals surface area contributed by atoms with Gasteiger partial charge in [0, 0.05) is 43.2 Å². The summed E-state index contributed by atoms with van der Waals surface area (Å²) >= 11 is 0. The number of benzene rings is 2. The zero-order valence-corrected chi connectivity index (χ0v) is 27.8. The van der Waals surface area contributed by atoms with Crippen molar-refractivity contribution in [1.82, 2.24) is 19.7 Å². The Morgan fingerprint density at radius 3 is 2.04 bits per heavy atom. The fraction of sp³-hybridized carbons (Fsp3) is 0.333. The Balaban J connectivity index is 0.000000892. The maximum Gasteiger partial charge on any atom is 0.324 e. The Morgan fingerprint density at radius 1 is 0.870 bits per heavy atom. The van der Waals surface area contributed by atoms with E-state index >= 15 is 0 Å². The fourth-order valence-corrected chi connectivity index (χ4v) is 4.75. The van der Waals surface area contributed by atoms with E-state index in [1.165, 1.54) is 0 Å². The van der Waals surface area contributed by atoms with E-state index in [9.17, 15) is 18.0 Å². The monoisotopic (exact) mass is 647 g/mol. The molecule has 0 saturated carbocycles. The molecule has 3 N–H and O–H groups in total. The average molecular weight is 648 g/mol. The van der Waals surface area contributed by atoms with Crippen LogP contribution in [0.4, 0.5) is 22.1 Å². The first kappa shape index (κ1) is 34.1. The summed E-state index contributed by atoms with van der Waals surface area (Å²) in [6, 6.07) is 22.7. The smallest absolute Gasteiger partial charge is 0.324 e. The summed E-state index contributed by atoms with van der Waals surface area (Å²) in [5.74, 6) is 1.47. The Hall–Kier alpha value is -4.75. The molecule has 1 fully saturated rings. The number of urea groups is 1. The molecule has 12 nitrogen and oxygen atoms in total. The summed E-state index contributed by atoms with van der Waals surface area (Å²) < 4.78 is 27.6. The molecule has 3 heterocycles. The molecule has 2 aromatic carbocycles. The van der Waals surface area contributed by atoms with Gasteiger partial charge in [0.25, 0.3) is 16.0 Å². The van der Waals surface area contributed by atoms with Gasteiger partial charge < -0.3 is 15.1 Å². The number of carbonyl (C=O) groups is 2. The summed E-state index contributed by atoms with van der Waals surface area (Å²) in [4.78, 5) is 34.7. The first-order valence-corrected chi connectivity index (χ1v) is 16.7. The molecule has 244 valence electrons. The summed E-state index contributed by atoms with van der Waals surface area (Å²) in [5, 5.41) is 10.7. The molecule has 0 bridgehead atoms. The molecular formula is C33H41N7O5S. The number of anilines is 3. The molecule has 0 spiro atoms. The van der Waals surface area contributed by atoms with Gasteiger partial charge in [0.2, 0.25) is 0 Å². The molecule has 0 radical (unpaired) electrons. The molecule has 13 heteroatoms. The van der Waals surface area contributed by atoms with Crippen LogP contribution in [0.15, 0.2) is 72.8 Å². The van der Waals surface area contributed by atoms with E-state index in [-0.39, 0.29) is 17.4 Å². The molecule has 0 unspecified atom stereocenters. The molecule has 0 aliphatic carbocycles. The second-order valence-corrected chi connectivity index (χ2v) is 13.6. The first-order chi connectivity index (χ1) is 21.6. The lowest BCUT2D eigenvalue weighted by Crippen LogP contribution is -2.49. The fourth-order valence-electron chi connectivity index (χ4n) is 4.75. The van der Waals surface area contributed by atoms with Crippen molar-refractivity contribution in [3.05, 3.63) is 95.3 Å². The molecule has 1 aliphatic rings. The molecule has 5 rings (SSSR count). The van der Waals surface area contributed by atoms with Crippen molar-refractivity contribution in [3.63, 3.8) is 0 Å². The van der Waals surface area contributed by atoms with Gasteiger partial charge in [0.05, 0.1) is 29.0 Å². The number of aryl methyl sites for hydroxylation is 2. The van der Waals surface area contributed by atoms with E-state index in [0.29, 0.717) is 55.2 Å². The van der Waals surface area contributed by atoms with Gasteiger partial charge in [-0.25, -0.2) is 14.5 Å². The molecule has 4 aromatic rings. The number of rotatable bonds is 5. The number of pyridine rings is 1. The van der Waals surface area contributed by atoms with Crippen LogP contribution in [0.25, 0.3) is 5.69 Å². The van der Waals surface area contributed by atoms with Gasteiger partial charge in [-0.05, 0) is 50.2 Å². The third-order valence-corrected chi connectivity index (χ3v) is 7.23. The number of nitrogens with zero attached hydrogens (tertiary/aromatic N) is 5. The van der Waals surface area contributed by atoms with Crippen LogP contribution in [0.1, 0.15) is 48.1 Å². The maximum absolute atomic E-state index is 13.1. The van der Waals surface area contributed by atoms with Crippen LogP contribution in [0.5, 0.6) is 0 Å². The molecule has 2 aromatic heterocycles. The summed E-state index contributed by atoms with van der Waals surface area (Å²) in [6.45, 7) is 12.8. The zero-order valence-electron chi connectivity index (χ0n) is 27.0. The quantitative estimate of drug-likeness (QED) is 0.247. The lowest BCUT2D eigenvalue weighted by molar-refractivity contribution is 0.0746. The second-order valence-electron chi connectivity index (χ2n) is 12.2. The largest absolute Gasteiger partial charge is 0.353 e. The van der Waals surface area contributed by atoms with Crippen molar-refractivity contribution in [2.45, 2.75) is 40.0 Å². The lowest BCUT2D eigenvalue weighted by atomic mass is 9.92. The number of hydrogen-bond donors (Lipinski definition) is 3. The SMILES string of the molecule is CS(=O)(=O)O.Cc1ccc(-n2nc(C(C)(C)C)cc2NC(=O)Nc2ccc(N3CCN(C(=O)c4ccccc4)CC3)nc2C)cc1. The third kappa shape index (κ3) is 9.38. The number of nitrogens with one attached hydrogen (secondary N) is 2. The van der Waals surface area contributed by atoms with E-state index in [0.717, 1.165) is 22.8 Å². The number of aromatic nitrogens is 3. The van der Waals surface area contributed by atoms with Gasteiger partial charge in [0.1, 0.15) is 11.6 Å². The lowest BCUT2D eigenvalue weighted by Gasteiger charge is -2.35. The maximum atomic E-state index is 13.1. The van der Waals surface area contributed by atoms with Crippen LogP contribution in [-0.2, 0) is 15.5 Å². The highest BCUT2D eigenvalue weighted by Crippen LogP contribution is 2.27. The highest BCUT2D eigenvalue weighted by molar-refractivity contribution is 7.85. The topological polar surface area (TPSA) is 150 Å². The Kier molecular flexibility index (Phi) is 10.5. The van der Waals surface area contributed by atoms with E-state index in [4.69, 9.17) is 14.6 Å². The minimum Gasteiger partial charge on any atom is -0.353 e. The van der Waals surface area contributed by atoms with Gasteiger partial charge in [-0.15, -0.1) is 0 Å². The Morgan fingerprint density at radius 2 is 1.48 bits per heavy atom. The van der Waals surface area contributed by atoms with Crippen molar-refractivity contribution in [3.8, 4) is 5.69 Å². The predicted octanol–water partition coefficient (Wildman–Crippen LogP) is 5.29. The second kappa shape index (κ2) is 14.1. The van der Waals surface area contributed by atoms with Crippen molar-refractivity contribution < 1.29 is 22.6 Å². The third-order valence-electron chi connectivity index (χ3n) is 7.23. The van der Waals surface area contributed by atoms with Crippen LogP contribution in [0, 0.1) is 13.8 Å². The standard InChI is InChI=1S/C32H37N7O2.CH4O3S/c1-22-11-13-25(14-12-22)39-29(21-27(36-39)32(3,4)5)35-31(41)34-26-15-16-28(33-23(26)2)37-17-19-38(20-18-37)30(40)24-9-7-6-8-10-24;1-5(2,3)4/h6-16,21H,17-20H2,1-5H3,(H2,34,35,41);1H3,(H,2,3,4). The Bertz CT molecular complexity index is 1770. The predicted molar refractivity (Wildman–Crippen MR) is 181 cm³/mol. The Labute approximate surface area is 270 Å². The summed E-state index contributed by atoms with van der Waals surface area (Å²) in [6.07, 6.45) is 0.715. The number of hydrogen-bond acceptors (Lipinski definition) is 7. The zero-order chi connectivity index (χ0) is 33.6. The molecule has 1 saturated heterocycles. The van der Waals surface area contributed by atoms with Gasteiger partial charge >= 0.3 is 6.03 Å². The van der Waals surface area contributed by atoms with Crippen LogP contribution < -0.4 is 15.5 Å². The van der Waals surface area contributed by atoms with Crippen molar-refractivity contribution in [2.75, 3.05) is 48.0 Å². The van der Waals surface area contributed by atoms with E-state index in [1.54, 1.807) is 4.68 Å². The van der Waals surface area contributed by atoms with E-state index in [1.807, 2.05) is 91.5 Å². The average Bonchev–Trinajstić information content (AvgIpc) is 3.42. The van der Waals surface area contributed by atoms with Gasteiger partial charge in [-0.2, -0.15) is 13.5 Å². The molecule has 3 amide bonds. The normalized spacial score (nSPS) is 13.5. The van der Waals surface area contributed by atoms with Crippen LogP contribution in [0.2, 0.25) is 0 Å². The minimum atomic E-state index is -3.67. The molecule has 1 aliphatic heterocycles. The van der Waals surface area contributed by atoms with Gasteiger partial charge in [-0.1, -0.05) is 56.7 Å². The summed E-state index contributed by atoms with van der Waals surface area (Å²) in [5.41, 5.74) is 4.76. The van der Waals surface area contributed by atoms with E-state index < -0.39 is 10.1 Å². The van der Waals surface area contributed by atoms with Crippen molar-refractivity contribution in [2.24, 2.45) is 0 Å². The number of amides is 3. The molecule has 0 atom stereocenters. The van der Waals surface area contributed by atoms with Gasteiger partial charge in [0.15, 0.2) is 0 Å². The summed E-state index contributed by atoms with van der Waals surface area (Å²) in [7, 11) is -3.67. The van der Waals surface area contributed by atoms with Gasteiger partial charge in [-0.3, -0.25) is 14.7 Å². The highest BCUT2D eigenvalue weighted by Gasteiger charge is 2.24. The van der Waals surface area contributed by atoms with E-state index in [2.05, 4.69) is 36.3 Å². The van der Waals surface area contributed by atoms with Crippen LogP contribution in [0.3, 0.4) is 0 Å². The van der Waals surface area contributed by atoms with Crippen molar-refractivity contribution >= 4 is 39.4 Å². The molecule has 46 heavy (non-hydrogen) atoms.